The molecule has 0 aliphatic rings. The lowest BCUT2D eigenvalue weighted by Gasteiger charge is -2.23. The Balaban J connectivity index is 0. The van der Waals surface area contributed by atoms with Gasteiger partial charge in [0.25, 0.3) is 0 Å². The Morgan fingerprint density at radius 3 is 1.00 bits per heavy atom. The van der Waals surface area contributed by atoms with Crippen LogP contribution < -0.4 is 0 Å². The molecule has 0 saturated heterocycles. The van der Waals surface area contributed by atoms with Crippen LogP contribution in [0.2, 0.25) is 0 Å². The third-order valence-corrected chi connectivity index (χ3v) is 2.56. The van der Waals surface area contributed by atoms with E-state index < -0.39 is 0 Å². The summed E-state index contributed by atoms with van der Waals surface area (Å²) in [6, 6.07) is 0. The Morgan fingerprint density at radius 2 is 1.00 bits per heavy atom. The van der Waals surface area contributed by atoms with Crippen molar-refractivity contribution < 1.29 is 0 Å². The van der Waals surface area contributed by atoms with E-state index in [9.17, 15) is 0 Å². The molecule has 0 fully saturated rings. The first-order chi connectivity index (χ1) is 5.41. The van der Waals surface area contributed by atoms with E-state index in [0.29, 0.717) is 5.41 Å². The average molecular weight is 172 g/mol. The third-order valence-electron chi connectivity index (χ3n) is 2.56. The molecule has 76 valence electrons. The average Bonchev–Trinajstić information content (AvgIpc) is 2.02. The Bertz CT molecular complexity index is 67.0. The van der Waals surface area contributed by atoms with Crippen molar-refractivity contribution in [3.05, 3.63) is 0 Å². The molecule has 0 aliphatic carbocycles. The van der Waals surface area contributed by atoms with Crippen LogP contribution in [-0.4, -0.2) is 0 Å². The first kappa shape index (κ1) is 14.5. The molecule has 0 aromatic carbocycles. The molecule has 0 nitrogen and oxygen atoms in total. The van der Waals surface area contributed by atoms with Crippen LogP contribution in [0.5, 0.6) is 0 Å². The van der Waals surface area contributed by atoms with Gasteiger partial charge in [0.05, 0.1) is 0 Å². The minimum absolute atomic E-state index is 0.625. The fraction of sp³-hybridized carbons (Fsp3) is 1.00. The van der Waals surface area contributed by atoms with Gasteiger partial charge in [0, 0.05) is 0 Å². The maximum Gasteiger partial charge on any atom is -0.0334 e. The van der Waals surface area contributed by atoms with Crippen molar-refractivity contribution in [2.75, 3.05) is 0 Å². The fourth-order valence-corrected chi connectivity index (χ4v) is 0.750. The second kappa shape index (κ2) is 7.64. The lowest BCUT2D eigenvalue weighted by Crippen LogP contribution is -2.10. The van der Waals surface area contributed by atoms with Gasteiger partial charge in [0.15, 0.2) is 0 Å². The van der Waals surface area contributed by atoms with Gasteiger partial charge in [-0.15, -0.1) is 0 Å². The Kier molecular flexibility index (Phi) is 9.24. The summed E-state index contributed by atoms with van der Waals surface area (Å²) in [5.74, 6) is 0.833. The first-order valence-corrected chi connectivity index (χ1v) is 5.41. The van der Waals surface area contributed by atoms with E-state index in [1.165, 1.54) is 19.3 Å². The molecule has 0 rings (SSSR count). The maximum absolute atomic E-state index is 2.35. The summed E-state index contributed by atoms with van der Waals surface area (Å²) in [4.78, 5) is 0. The third kappa shape index (κ3) is 10.0. The Morgan fingerprint density at radius 1 is 0.833 bits per heavy atom. The minimum Gasteiger partial charge on any atom is -0.0649 e. The molecule has 0 bridgehead atoms. The molecular formula is C12H28. The summed E-state index contributed by atoms with van der Waals surface area (Å²) in [7, 11) is 0. The highest BCUT2D eigenvalue weighted by molar-refractivity contribution is 4.67. The van der Waals surface area contributed by atoms with Crippen LogP contribution in [0, 0.1) is 11.3 Å². The molecule has 0 amide bonds. The molecule has 0 unspecified atom stereocenters. The minimum atomic E-state index is 0.625. The van der Waals surface area contributed by atoms with Gasteiger partial charge >= 0.3 is 0 Å². The van der Waals surface area contributed by atoms with Crippen molar-refractivity contribution >= 4 is 0 Å². The van der Waals surface area contributed by atoms with Crippen molar-refractivity contribution in [1.29, 1.82) is 0 Å². The lowest BCUT2D eigenvalue weighted by molar-refractivity contribution is 0.286. The monoisotopic (exact) mass is 172 g/mol. The van der Waals surface area contributed by atoms with Crippen LogP contribution in [0.4, 0.5) is 0 Å². The zero-order valence-electron chi connectivity index (χ0n) is 10.2. The number of hydrogen-bond donors (Lipinski definition) is 0. The summed E-state index contributed by atoms with van der Waals surface area (Å²) >= 11 is 0. The zero-order chi connectivity index (χ0) is 10.2. The van der Waals surface area contributed by atoms with Crippen LogP contribution in [0.25, 0.3) is 0 Å². The van der Waals surface area contributed by atoms with Crippen molar-refractivity contribution in [2.24, 2.45) is 11.3 Å². The Labute approximate surface area is 79.8 Å². The van der Waals surface area contributed by atoms with Gasteiger partial charge in [-0.05, 0) is 11.3 Å². The fourth-order valence-electron chi connectivity index (χ4n) is 0.750. The summed E-state index contributed by atoms with van der Waals surface area (Å²) in [5.41, 5.74) is 0.625. The number of hydrogen-bond acceptors (Lipinski definition) is 0. The van der Waals surface area contributed by atoms with Gasteiger partial charge in [-0.1, -0.05) is 67.7 Å². The second-order valence-electron chi connectivity index (χ2n) is 4.60. The molecule has 0 saturated carbocycles. The molecule has 0 heterocycles. The predicted octanol–water partition coefficient (Wildman–Crippen LogP) is 4.89. The Hall–Kier alpha value is 0. The van der Waals surface area contributed by atoms with Crippen LogP contribution in [0.15, 0.2) is 0 Å². The number of rotatable bonds is 3. The van der Waals surface area contributed by atoms with E-state index in [1.807, 2.05) is 0 Å². The van der Waals surface area contributed by atoms with Gasteiger partial charge in [0.1, 0.15) is 0 Å². The molecule has 0 aromatic heterocycles. The van der Waals surface area contributed by atoms with Gasteiger partial charge in [-0.25, -0.2) is 0 Å². The van der Waals surface area contributed by atoms with Gasteiger partial charge in [0.2, 0.25) is 0 Å². The van der Waals surface area contributed by atoms with Crippen molar-refractivity contribution in [1.82, 2.24) is 0 Å². The molecule has 0 aliphatic heterocycles. The predicted molar refractivity (Wildman–Crippen MR) is 59.5 cm³/mol. The smallest absolute Gasteiger partial charge is 0.0334 e. The summed E-state index contributed by atoms with van der Waals surface area (Å²) in [6.45, 7) is 15.7. The normalized spacial score (nSPS) is 11.0. The van der Waals surface area contributed by atoms with E-state index in [-0.39, 0.29) is 0 Å². The standard InChI is InChI=1S/C8H18.C4H10/c1-5-8(4,6-2)7-3;1-4(2)3/h5-7H2,1-4H3;4H,1-3H3. The first-order valence-electron chi connectivity index (χ1n) is 5.41. The molecule has 12 heavy (non-hydrogen) atoms. The molecule has 0 radical (unpaired) electrons. The molecular weight excluding hydrogens is 144 g/mol. The van der Waals surface area contributed by atoms with Crippen LogP contribution in [-0.2, 0) is 0 Å². The van der Waals surface area contributed by atoms with E-state index in [4.69, 9.17) is 0 Å². The van der Waals surface area contributed by atoms with Gasteiger partial charge in [-0.3, -0.25) is 0 Å². The maximum atomic E-state index is 2.35. The second-order valence-corrected chi connectivity index (χ2v) is 4.60. The highest BCUT2D eigenvalue weighted by Gasteiger charge is 2.15. The molecule has 0 atom stereocenters. The van der Waals surface area contributed by atoms with E-state index >= 15 is 0 Å². The summed E-state index contributed by atoms with van der Waals surface area (Å²) < 4.78 is 0. The van der Waals surface area contributed by atoms with Crippen LogP contribution in [0.1, 0.15) is 67.7 Å². The lowest BCUT2D eigenvalue weighted by atomic mass is 9.82. The highest BCUT2D eigenvalue weighted by Crippen LogP contribution is 2.28. The van der Waals surface area contributed by atoms with E-state index in [2.05, 4.69) is 48.5 Å². The molecule has 0 aromatic rings. The quantitative estimate of drug-likeness (QED) is 0.569. The zero-order valence-corrected chi connectivity index (χ0v) is 10.2. The van der Waals surface area contributed by atoms with Gasteiger partial charge in [-0.2, -0.15) is 0 Å². The molecule has 0 spiro atoms. The highest BCUT2D eigenvalue weighted by atomic mass is 14.2. The van der Waals surface area contributed by atoms with E-state index in [0.717, 1.165) is 5.92 Å². The van der Waals surface area contributed by atoms with Gasteiger partial charge < -0.3 is 0 Å². The van der Waals surface area contributed by atoms with Crippen LogP contribution in [0.3, 0.4) is 0 Å². The van der Waals surface area contributed by atoms with Crippen LogP contribution >= 0.6 is 0 Å². The van der Waals surface area contributed by atoms with Crippen molar-refractivity contribution in [3.8, 4) is 0 Å². The summed E-state index contributed by atoms with van der Waals surface area (Å²) in [5, 5.41) is 0. The van der Waals surface area contributed by atoms with Crippen molar-refractivity contribution in [3.63, 3.8) is 0 Å². The molecule has 0 heteroatoms. The summed E-state index contributed by atoms with van der Waals surface area (Å²) in [6.07, 6.45) is 3.96. The van der Waals surface area contributed by atoms with Crippen molar-refractivity contribution in [2.45, 2.75) is 67.7 Å². The largest absolute Gasteiger partial charge is 0.0649 e. The SMILES string of the molecule is CC(C)C.CCC(C)(CC)CC. The van der Waals surface area contributed by atoms with E-state index in [1.54, 1.807) is 0 Å². The molecule has 0 N–H and O–H groups in total. The topological polar surface area (TPSA) is 0 Å².